The zero-order valence-corrected chi connectivity index (χ0v) is 20.4. The summed E-state index contributed by atoms with van der Waals surface area (Å²) in [5.41, 5.74) is 8.82. The summed E-state index contributed by atoms with van der Waals surface area (Å²) in [6.07, 6.45) is 5.08. The van der Waals surface area contributed by atoms with Crippen molar-refractivity contribution >= 4 is 22.5 Å². The maximum Gasteiger partial charge on any atom is 0.314 e. The van der Waals surface area contributed by atoms with Crippen LogP contribution in [0.5, 0.6) is 11.5 Å². The molecule has 0 aromatic heterocycles. The van der Waals surface area contributed by atoms with Gasteiger partial charge in [-0.15, -0.1) is 0 Å². The Hall–Kier alpha value is -3.50. The molecule has 0 saturated carbocycles. The summed E-state index contributed by atoms with van der Waals surface area (Å²) in [6, 6.07) is 4.91. The molecule has 0 radical (unpaired) electrons. The maximum atomic E-state index is 13.5. The highest BCUT2D eigenvalue weighted by Crippen LogP contribution is 2.38. The summed E-state index contributed by atoms with van der Waals surface area (Å²) >= 11 is 0. The van der Waals surface area contributed by atoms with E-state index in [0.29, 0.717) is 56.5 Å². The van der Waals surface area contributed by atoms with Crippen LogP contribution in [0.15, 0.2) is 36.4 Å². The van der Waals surface area contributed by atoms with E-state index in [2.05, 4.69) is 0 Å². The van der Waals surface area contributed by atoms with Crippen molar-refractivity contribution in [2.75, 3.05) is 45.4 Å². The minimum atomic E-state index is -0.641. The molecule has 0 unspecified atom stereocenters. The highest BCUT2D eigenvalue weighted by molar-refractivity contribution is 5.77. The van der Waals surface area contributed by atoms with Crippen LogP contribution >= 0.6 is 0 Å². The Morgan fingerprint density at radius 3 is 1.86 bits per heavy atom. The number of nitrogens with zero attached hydrogens (tertiary/aromatic N) is 1. The second-order valence-electron chi connectivity index (χ2n) is 7.90. The number of benzene rings is 2. The Labute approximate surface area is 208 Å². The van der Waals surface area contributed by atoms with E-state index in [1.165, 1.54) is 18.2 Å². The minimum Gasteiger partial charge on any atom is -0.491 e. The van der Waals surface area contributed by atoms with E-state index in [1.54, 1.807) is 13.0 Å². The average molecular weight is 505 g/mol. The maximum absolute atomic E-state index is 13.5. The predicted octanol–water partition coefficient (Wildman–Crippen LogP) is 5.55. The van der Waals surface area contributed by atoms with Gasteiger partial charge in [0.25, 0.3) is 0 Å². The van der Waals surface area contributed by atoms with Gasteiger partial charge < -0.3 is 24.7 Å². The summed E-state index contributed by atoms with van der Waals surface area (Å²) in [7, 11) is 0. The number of rotatable bonds is 7. The molecule has 2 heterocycles. The third-order valence-electron chi connectivity index (χ3n) is 5.51. The van der Waals surface area contributed by atoms with Crippen molar-refractivity contribution in [3.05, 3.63) is 69.3 Å². The van der Waals surface area contributed by atoms with Crippen LogP contribution < -0.4 is 15.2 Å². The third-order valence-corrected chi connectivity index (χ3v) is 5.51. The van der Waals surface area contributed by atoms with Gasteiger partial charge in [0.1, 0.15) is 17.4 Å². The molecule has 2 N–H and O–H groups in total. The largest absolute Gasteiger partial charge is 0.491 e. The van der Waals surface area contributed by atoms with E-state index < -0.39 is 10.7 Å². The molecule has 0 fully saturated rings. The van der Waals surface area contributed by atoms with E-state index in [1.807, 2.05) is 13.0 Å². The van der Waals surface area contributed by atoms with Crippen molar-refractivity contribution in [3.8, 4) is 11.5 Å². The molecule has 2 aromatic rings. The van der Waals surface area contributed by atoms with Gasteiger partial charge in [-0.3, -0.25) is 10.1 Å². The second-order valence-corrected chi connectivity index (χ2v) is 7.90. The summed E-state index contributed by atoms with van der Waals surface area (Å²) in [4.78, 5) is 10.4. The monoisotopic (exact) mass is 504 g/mol. The lowest BCUT2D eigenvalue weighted by molar-refractivity contribution is -0.386. The van der Waals surface area contributed by atoms with E-state index in [-0.39, 0.29) is 23.9 Å². The summed E-state index contributed by atoms with van der Waals surface area (Å²) in [5.74, 6) is -0.282. The van der Waals surface area contributed by atoms with E-state index >= 15 is 0 Å². The molecule has 2 aromatic carbocycles. The molecule has 2 aliphatic rings. The topological polar surface area (TPSA) is 106 Å². The minimum absolute atomic E-state index is 0.127. The molecule has 0 atom stereocenters. The van der Waals surface area contributed by atoms with Gasteiger partial charge >= 0.3 is 5.69 Å². The molecule has 0 saturated heterocycles. The quantitative estimate of drug-likeness (QED) is 0.299. The molecule has 0 spiro atoms. The lowest BCUT2D eigenvalue weighted by Gasteiger charge is -2.18. The molecule has 0 aliphatic carbocycles. The van der Waals surface area contributed by atoms with Gasteiger partial charge in [0.15, 0.2) is 0 Å². The number of nitro benzene ring substituents is 1. The second kappa shape index (κ2) is 13.0. The first-order valence-corrected chi connectivity index (χ1v) is 11.7. The Bertz CT molecular complexity index is 1150. The third kappa shape index (κ3) is 6.79. The number of nitro groups is 1. The van der Waals surface area contributed by atoms with Crippen molar-refractivity contribution < 1.29 is 32.7 Å². The Balaban J connectivity index is 0.000000202. The molecular formula is C26H30F2N2O6. The Morgan fingerprint density at radius 1 is 0.889 bits per heavy atom. The van der Waals surface area contributed by atoms with Gasteiger partial charge in [-0.1, -0.05) is 12.2 Å². The number of nitrogens with two attached hydrogens (primary N) is 1. The average Bonchev–Trinajstić information content (AvgIpc) is 2.88. The number of anilines is 1. The van der Waals surface area contributed by atoms with Crippen molar-refractivity contribution in [1.29, 1.82) is 0 Å². The molecule has 194 valence electrons. The van der Waals surface area contributed by atoms with Crippen LogP contribution in [0.2, 0.25) is 0 Å². The van der Waals surface area contributed by atoms with Crippen molar-refractivity contribution in [2.24, 2.45) is 0 Å². The fourth-order valence-corrected chi connectivity index (χ4v) is 3.95. The summed E-state index contributed by atoms with van der Waals surface area (Å²) < 4.78 is 48.2. The zero-order chi connectivity index (χ0) is 26.1. The normalized spacial score (nSPS) is 15.2. The zero-order valence-electron chi connectivity index (χ0n) is 20.4. The SMILES string of the molecule is CCOc1c(C2=CCOCC2)cc(F)cc1[N+](=O)[O-].CCOc1c(N)cc(F)cc1C1=CCOCC1. The van der Waals surface area contributed by atoms with Crippen molar-refractivity contribution in [3.63, 3.8) is 0 Å². The van der Waals surface area contributed by atoms with E-state index in [0.717, 1.165) is 29.2 Å². The van der Waals surface area contributed by atoms with Gasteiger partial charge in [-0.25, -0.2) is 8.78 Å². The smallest absolute Gasteiger partial charge is 0.314 e. The molecule has 36 heavy (non-hydrogen) atoms. The highest BCUT2D eigenvalue weighted by atomic mass is 19.1. The molecule has 0 bridgehead atoms. The standard InChI is InChI=1S/C13H14FNO4.C13H16FNO2/c1-2-19-13-11(9-3-5-18-6-4-9)7-10(14)8-12(13)15(16)17;1-2-17-13-11(7-10(14)8-12(13)15)9-3-5-16-6-4-9/h3,7-8H,2,4-6H2,1H3;3,7-8H,2,4-6,15H2,1H3. The lowest BCUT2D eigenvalue weighted by Crippen LogP contribution is -2.07. The number of halogens is 2. The van der Waals surface area contributed by atoms with Crippen LogP contribution in [-0.2, 0) is 9.47 Å². The van der Waals surface area contributed by atoms with Crippen LogP contribution in [0.25, 0.3) is 11.1 Å². The van der Waals surface area contributed by atoms with Crippen molar-refractivity contribution in [2.45, 2.75) is 26.7 Å². The van der Waals surface area contributed by atoms with Gasteiger partial charge in [-0.05, 0) is 50.0 Å². The summed E-state index contributed by atoms with van der Waals surface area (Å²) in [5, 5.41) is 11.0. The number of hydrogen-bond acceptors (Lipinski definition) is 7. The van der Waals surface area contributed by atoms with Crippen LogP contribution in [0, 0.1) is 21.7 Å². The van der Waals surface area contributed by atoms with Gasteiger partial charge in [-0.2, -0.15) is 0 Å². The number of hydrogen-bond donors (Lipinski definition) is 1. The number of nitrogen functional groups attached to an aromatic ring is 1. The molecule has 8 nitrogen and oxygen atoms in total. The molecule has 2 aliphatic heterocycles. The molecule has 10 heteroatoms. The van der Waals surface area contributed by atoms with Crippen LogP contribution in [0.4, 0.5) is 20.2 Å². The van der Waals surface area contributed by atoms with Crippen LogP contribution in [0.1, 0.15) is 37.8 Å². The number of ether oxygens (including phenoxy) is 4. The first-order chi connectivity index (χ1) is 17.3. The molecule has 4 rings (SSSR count). The fraction of sp³-hybridized carbons (Fsp3) is 0.385. The Kier molecular flexibility index (Phi) is 9.77. The predicted molar refractivity (Wildman–Crippen MR) is 133 cm³/mol. The van der Waals surface area contributed by atoms with E-state index in [4.69, 9.17) is 24.7 Å². The van der Waals surface area contributed by atoms with Crippen LogP contribution in [0.3, 0.4) is 0 Å². The summed E-state index contributed by atoms with van der Waals surface area (Å²) in [6.45, 7) is 6.54. The molecule has 0 amide bonds. The first kappa shape index (κ1) is 27.1. The first-order valence-electron chi connectivity index (χ1n) is 11.7. The Morgan fingerprint density at radius 2 is 1.39 bits per heavy atom. The van der Waals surface area contributed by atoms with Gasteiger partial charge in [0.05, 0.1) is 56.3 Å². The van der Waals surface area contributed by atoms with Crippen LogP contribution in [-0.4, -0.2) is 44.6 Å². The van der Waals surface area contributed by atoms with Gasteiger partial charge in [0.2, 0.25) is 5.75 Å². The van der Waals surface area contributed by atoms with Crippen molar-refractivity contribution in [1.82, 2.24) is 0 Å². The van der Waals surface area contributed by atoms with Gasteiger partial charge in [0, 0.05) is 17.2 Å². The molecular weight excluding hydrogens is 474 g/mol. The highest BCUT2D eigenvalue weighted by Gasteiger charge is 2.24. The van der Waals surface area contributed by atoms with E-state index in [9.17, 15) is 18.9 Å². The fourth-order valence-electron chi connectivity index (χ4n) is 3.95. The lowest BCUT2D eigenvalue weighted by atomic mass is 9.99.